The lowest BCUT2D eigenvalue weighted by atomic mass is 10.0. The Morgan fingerprint density at radius 3 is 2.71 bits per heavy atom. The van der Waals surface area contributed by atoms with Crippen LogP contribution in [0.15, 0.2) is 18.2 Å². The molecule has 1 aromatic carbocycles. The number of imide groups is 1. The minimum absolute atomic E-state index is 0.204. The van der Waals surface area contributed by atoms with Crippen LogP contribution in [0.4, 0.5) is 5.69 Å². The van der Waals surface area contributed by atoms with Crippen LogP contribution in [-0.2, 0) is 16.1 Å². The fourth-order valence-electron chi connectivity index (χ4n) is 2.74. The van der Waals surface area contributed by atoms with Crippen molar-refractivity contribution in [3.8, 4) is 0 Å². The molecule has 0 aromatic heterocycles. The van der Waals surface area contributed by atoms with Crippen LogP contribution in [0.1, 0.15) is 31.4 Å². The lowest BCUT2D eigenvalue weighted by Gasteiger charge is -2.36. The van der Waals surface area contributed by atoms with Crippen LogP contribution in [0.25, 0.3) is 0 Å². The van der Waals surface area contributed by atoms with E-state index in [9.17, 15) is 9.59 Å². The number of aryl methyl sites for hydroxylation is 1. The van der Waals surface area contributed by atoms with Gasteiger partial charge in [0.2, 0.25) is 11.8 Å². The summed E-state index contributed by atoms with van der Waals surface area (Å²) in [7, 11) is 0. The first kappa shape index (κ1) is 15.5. The van der Waals surface area contributed by atoms with Crippen molar-refractivity contribution < 1.29 is 9.59 Å². The van der Waals surface area contributed by atoms with Crippen molar-refractivity contribution in [2.45, 2.75) is 39.8 Å². The fourth-order valence-corrected chi connectivity index (χ4v) is 2.74. The van der Waals surface area contributed by atoms with E-state index in [1.165, 1.54) is 5.56 Å². The zero-order valence-corrected chi connectivity index (χ0v) is 12.9. The average Bonchev–Trinajstić information content (AvgIpc) is 2.44. The highest BCUT2D eigenvalue weighted by atomic mass is 16.2. The van der Waals surface area contributed by atoms with Crippen LogP contribution in [0.5, 0.6) is 0 Å². The number of piperazine rings is 1. The minimum Gasteiger partial charge on any atom is -0.350 e. The summed E-state index contributed by atoms with van der Waals surface area (Å²) in [4.78, 5) is 25.5. The van der Waals surface area contributed by atoms with E-state index in [0.717, 1.165) is 24.3 Å². The SMILES string of the molecule is CCNCc1ccc(N2CC(=O)NC(=O)C2CC)c(C)c1. The van der Waals surface area contributed by atoms with Crippen LogP contribution in [0.3, 0.4) is 0 Å². The van der Waals surface area contributed by atoms with E-state index in [-0.39, 0.29) is 24.4 Å². The van der Waals surface area contributed by atoms with Gasteiger partial charge in [-0.15, -0.1) is 0 Å². The van der Waals surface area contributed by atoms with Gasteiger partial charge < -0.3 is 10.2 Å². The smallest absolute Gasteiger partial charge is 0.249 e. The molecule has 1 heterocycles. The Kier molecular flexibility index (Phi) is 4.96. The summed E-state index contributed by atoms with van der Waals surface area (Å²) in [5, 5.41) is 5.70. The van der Waals surface area contributed by atoms with Gasteiger partial charge in [-0.1, -0.05) is 26.0 Å². The van der Waals surface area contributed by atoms with Gasteiger partial charge in [0.25, 0.3) is 0 Å². The van der Waals surface area contributed by atoms with E-state index in [0.29, 0.717) is 6.42 Å². The largest absolute Gasteiger partial charge is 0.350 e. The van der Waals surface area contributed by atoms with Gasteiger partial charge in [0.1, 0.15) is 6.04 Å². The van der Waals surface area contributed by atoms with Gasteiger partial charge in [-0.25, -0.2) is 0 Å². The van der Waals surface area contributed by atoms with Crippen LogP contribution in [0, 0.1) is 6.92 Å². The molecule has 1 saturated heterocycles. The lowest BCUT2D eigenvalue weighted by Crippen LogP contribution is -2.58. The Morgan fingerprint density at radius 2 is 2.10 bits per heavy atom. The van der Waals surface area contributed by atoms with Crippen molar-refractivity contribution in [1.29, 1.82) is 0 Å². The Balaban J connectivity index is 2.26. The molecule has 1 fully saturated rings. The van der Waals surface area contributed by atoms with Crippen molar-refractivity contribution in [2.75, 3.05) is 18.0 Å². The predicted molar refractivity (Wildman–Crippen MR) is 83.1 cm³/mol. The summed E-state index contributed by atoms with van der Waals surface area (Å²) in [5.41, 5.74) is 3.26. The van der Waals surface area contributed by atoms with Gasteiger partial charge in [-0.05, 0) is 37.1 Å². The van der Waals surface area contributed by atoms with E-state index in [4.69, 9.17) is 0 Å². The first-order chi connectivity index (χ1) is 10.1. The molecule has 0 saturated carbocycles. The number of rotatable bonds is 5. The molecule has 5 heteroatoms. The molecule has 0 spiro atoms. The first-order valence-corrected chi connectivity index (χ1v) is 7.47. The number of carbonyl (C=O) groups is 2. The second-order valence-corrected chi connectivity index (χ2v) is 5.37. The summed E-state index contributed by atoms with van der Waals surface area (Å²) in [5.74, 6) is -0.439. The molecule has 1 aliphatic rings. The number of hydrogen-bond acceptors (Lipinski definition) is 4. The van der Waals surface area contributed by atoms with Gasteiger partial charge in [-0.3, -0.25) is 14.9 Å². The van der Waals surface area contributed by atoms with Crippen molar-refractivity contribution in [2.24, 2.45) is 0 Å². The van der Waals surface area contributed by atoms with E-state index < -0.39 is 0 Å². The second-order valence-electron chi connectivity index (χ2n) is 5.37. The summed E-state index contributed by atoms with van der Waals surface area (Å²) in [6, 6.07) is 5.90. The first-order valence-electron chi connectivity index (χ1n) is 7.47. The standard InChI is InChI=1S/C16H23N3O2/c1-4-13-16(21)18-15(20)10-19(13)14-7-6-12(8-11(14)3)9-17-5-2/h6-8,13,17H,4-5,9-10H2,1-3H3,(H,18,20,21). The molecule has 0 aliphatic carbocycles. The van der Waals surface area contributed by atoms with Gasteiger partial charge in [-0.2, -0.15) is 0 Å². The molecule has 0 bridgehead atoms. The maximum atomic E-state index is 12.0. The van der Waals surface area contributed by atoms with Gasteiger partial charge in [0.05, 0.1) is 6.54 Å². The van der Waals surface area contributed by atoms with E-state index in [1.54, 1.807) is 0 Å². The van der Waals surface area contributed by atoms with Gasteiger partial charge in [0.15, 0.2) is 0 Å². The van der Waals surface area contributed by atoms with Crippen molar-refractivity contribution in [3.05, 3.63) is 29.3 Å². The topological polar surface area (TPSA) is 61.4 Å². The molecule has 114 valence electrons. The third-order valence-corrected chi connectivity index (χ3v) is 3.79. The highest BCUT2D eigenvalue weighted by molar-refractivity contribution is 6.04. The Morgan fingerprint density at radius 1 is 1.33 bits per heavy atom. The van der Waals surface area contributed by atoms with E-state index in [1.807, 2.05) is 24.8 Å². The molecule has 1 atom stereocenters. The van der Waals surface area contributed by atoms with Crippen molar-refractivity contribution >= 4 is 17.5 Å². The second kappa shape index (κ2) is 6.72. The number of benzene rings is 1. The zero-order chi connectivity index (χ0) is 15.4. The highest BCUT2D eigenvalue weighted by Crippen LogP contribution is 2.25. The van der Waals surface area contributed by atoms with Crippen molar-refractivity contribution in [3.63, 3.8) is 0 Å². The summed E-state index contributed by atoms with van der Waals surface area (Å²) >= 11 is 0. The van der Waals surface area contributed by atoms with Gasteiger partial charge in [0, 0.05) is 12.2 Å². The number of anilines is 1. The third-order valence-electron chi connectivity index (χ3n) is 3.79. The van der Waals surface area contributed by atoms with Gasteiger partial charge >= 0.3 is 0 Å². The molecule has 1 aromatic rings. The number of nitrogens with one attached hydrogen (secondary N) is 2. The van der Waals surface area contributed by atoms with Crippen LogP contribution >= 0.6 is 0 Å². The molecule has 1 aliphatic heterocycles. The highest BCUT2D eigenvalue weighted by Gasteiger charge is 2.33. The maximum Gasteiger partial charge on any atom is 0.249 e. The fraction of sp³-hybridized carbons (Fsp3) is 0.500. The zero-order valence-electron chi connectivity index (χ0n) is 12.9. The molecule has 5 nitrogen and oxygen atoms in total. The molecule has 21 heavy (non-hydrogen) atoms. The Hall–Kier alpha value is -1.88. The number of hydrogen-bond donors (Lipinski definition) is 2. The van der Waals surface area contributed by atoms with Crippen LogP contribution in [0.2, 0.25) is 0 Å². The lowest BCUT2D eigenvalue weighted by molar-refractivity contribution is -0.132. The van der Waals surface area contributed by atoms with E-state index in [2.05, 4.69) is 29.7 Å². The molecular weight excluding hydrogens is 266 g/mol. The molecular formula is C16H23N3O2. The number of nitrogens with zero attached hydrogens (tertiary/aromatic N) is 1. The average molecular weight is 289 g/mol. The maximum absolute atomic E-state index is 12.0. The Bertz CT molecular complexity index is 542. The minimum atomic E-state index is -0.277. The summed E-state index contributed by atoms with van der Waals surface area (Å²) in [6.07, 6.45) is 0.678. The molecule has 1 unspecified atom stereocenters. The number of amides is 2. The monoisotopic (exact) mass is 289 g/mol. The molecule has 2 N–H and O–H groups in total. The van der Waals surface area contributed by atoms with Crippen LogP contribution < -0.4 is 15.5 Å². The predicted octanol–water partition coefficient (Wildman–Crippen LogP) is 1.35. The summed E-state index contributed by atoms with van der Waals surface area (Å²) < 4.78 is 0. The van der Waals surface area contributed by atoms with E-state index >= 15 is 0 Å². The summed E-state index contributed by atoms with van der Waals surface area (Å²) in [6.45, 7) is 8.05. The molecule has 0 radical (unpaired) electrons. The quantitative estimate of drug-likeness (QED) is 0.803. The third kappa shape index (κ3) is 3.42. The Labute approximate surface area is 125 Å². The number of carbonyl (C=O) groups excluding carboxylic acids is 2. The molecule has 2 amide bonds. The van der Waals surface area contributed by atoms with Crippen LogP contribution in [-0.4, -0.2) is 30.9 Å². The normalized spacial score (nSPS) is 18.8. The van der Waals surface area contributed by atoms with Crippen molar-refractivity contribution in [1.82, 2.24) is 10.6 Å². The molecule has 2 rings (SSSR count).